The van der Waals surface area contributed by atoms with Crippen LogP contribution in [-0.4, -0.2) is 6.54 Å². The van der Waals surface area contributed by atoms with Gasteiger partial charge in [-0.2, -0.15) is 0 Å². The Morgan fingerprint density at radius 1 is 1.30 bits per heavy atom. The number of unbranched alkanes of at least 4 members (excludes halogenated alkanes) is 3. The summed E-state index contributed by atoms with van der Waals surface area (Å²) >= 11 is 0. The van der Waals surface area contributed by atoms with E-state index in [1.54, 1.807) is 0 Å². The molecular formula is C9H19N. The van der Waals surface area contributed by atoms with Gasteiger partial charge in [0.15, 0.2) is 0 Å². The van der Waals surface area contributed by atoms with Crippen molar-refractivity contribution < 1.29 is 0 Å². The molecule has 0 unspecified atom stereocenters. The highest BCUT2D eigenvalue weighted by molar-refractivity contribution is 4.83. The number of hydrogen-bond donors (Lipinski definition) is 1. The van der Waals surface area contributed by atoms with Gasteiger partial charge in [-0.3, -0.25) is 0 Å². The van der Waals surface area contributed by atoms with Gasteiger partial charge in [-0.25, -0.2) is 0 Å². The molecule has 10 heavy (non-hydrogen) atoms. The van der Waals surface area contributed by atoms with Crippen molar-refractivity contribution in [2.24, 2.45) is 0 Å². The molecular weight excluding hydrogens is 122 g/mol. The third-order valence-electron chi connectivity index (χ3n) is 1.46. The van der Waals surface area contributed by atoms with Crippen molar-refractivity contribution in [2.45, 2.75) is 39.5 Å². The third-order valence-corrected chi connectivity index (χ3v) is 1.46. The quantitative estimate of drug-likeness (QED) is 0.561. The summed E-state index contributed by atoms with van der Waals surface area (Å²) in [5.41, 5.74) is 1.08. The maximum atomic E-state index is 3.76. The van der Waals surface area contributed by atoms with Crippen LogP contribution in [0.15, 0.2) is 12.3 Å². The Bertz CT molecular complexity index is 86.7. The molecule has 0 spiro atoms. The fraction of sp³-hybridized carbons (Fsp3) is 0.778. The van der Waals surface area contributed by atoms with Gasteiger partial charge in [-0.15, -0.1) is 0 Å². The lowest BCUT2D eigenvalue weighted by atomic mass is 10.2. The minimum absolute atomic E-state index is 1.08. The second-order valence-electron chi connectivity index (χ2n) is 2.77. The number of rotatable bonds is 6. The van der Waals surface area contributed by atoms with Crippen molar-refractivity contribution >= 4 is 0 Å². The number of hydrogen-bond acceptors (Lipinski definition) is 1. The monoisotopic (exact) mass is 141 g/mol. The van der Waals surface area contributed by atoms with E-state index in [-0.39, 0.29) is 0 Å². The molecule has 1 N–H and O–H groups in total. The van der Waals surface area contributed by atoms with E-state index in [0.717, 1.165) is 12.2 Å². The van der Waals surface area contributed by atoms with Gasteiger partial charge in [0, 0.05) is 12.2 Å². The molecule has 1 heteroatoms. The molecule has 1 nitrogen and oxygen atoms in total. The second-order valence-corrected chi connectivity index (χ2v) is 2.77. The second kappa shape index (κ2) is 6.66. The molecule has 60 valence electrons. The fourth-order valence-corrected chi connectivity index (χ4v) is 0.854. The van der Waals surface area contributed by atoms with Crippen molar-refractivity contribution in [1.82, 2.24) is 5.32 Å². The van der Waals surface area contributed by atoms with Crippen LogP contribution in [-0.2, 0) is 0 Å². The standard InChI is InChI=1S/C9H19N/c1-4-5-6-7-8-10-9(2)3/h10H,2,4-8H2,1,3H3. The van der Waals surface area contributed by atoms with Crippen molar-refractivity contribution in [2.75, 3.05) is 6.54 Å². The first-order valence-corrected chi connectivity index (χ1v) is 4.16. The Morgan fingerprint density at radius 2 is 2.00 bits per heavy atom. The van der Waals surface area contributed by atoms with E-state index in [4.69, 9.17) is 0 Å². The lowest BCUT2D eigenvalue weighted by Gasteiger charge is -2.03. The topological polar surface area (TPSA) is 12.0 Å². The molecule has 0 aromatic rings. The summed E-state index contributed by atoms with van der Waals surface area (Å²) in [5.74, 6) is 0. The van der Waals surface area contributed by atoms with Gasteiger partial charge in [0.1, 0.15) is 0 Å². The highest BCUT2D eigenvalue weighted by Crippen LogP contribution is 1.97. The van der Waals surface area contributed by atoms with Crippen molar-refractivity contribution in [1.29, 1.82) is 0 Å². The Morgan fingerprint density at radius 3 is 2.50 bits per heavy atom. The molecule has 0 saturated carbocycles. The summed E-state index contributed by atoms with van der Waals surface area (Å²) in [6.07, 6.45) is 5.29. The average Bonchev–Trinajstić information content (AvgIpc) is 1.87. The molecule has 0 radical (unpaired) electrons. The lowest BCUT2D eigenvalue weighted by Crippen LogP contribution is -2.11. The normalized spacial score (nSPS) is 9.40. The SMILES string of the molecule is C=C(C)NCCCCCC. The maximum absolute atomic E-state index is 3.76. The molecule has 0 fully saturated rings. The molecule has 0 aliphatic rings. The van der Waals surface area contributed by atoms with E-state index in [1.165, 1.54) is 25.7 Å². The predicted molar refractivity (Wildman–Crippen MR) is 47.0 cm³/mol. The summed E-state index contributed by atoms with van der Waals surface area (Å²) in [7, 11) is 0. The largest absolute Gasteiger partial charge is 0.389 e. The number of nitrogens with one attached hydrogen (secondary N) is 1. The summed E-state index contributed by atoms with van der Waals surface area (Å²) in [6.45, 7) is 9.08. The lowest BCUT2D eigenvalue weighted by molar-refractivity contribution is 0.636. The van der Waals surface area contributed by atoms with Crippen molar-refractivity contribution in [3.05, 3.63) is 12.3 Å². The van der Waals surface area contributed by atoms with Gasteiger partial charge < -0.3 is 5.32 Å². The molecule has 0 amide bonds. The van der Waals surface area contributed by atoms with Gasteiger partial charge in [0.2, 0.25) is 0 Å². The highest BCUT2D eigenvalue weighted by atomic mass is 14.9. The van der Waals surface area contributed by atoms with E-state index >= 15 is 0 Å². The van der Waals surface area contributed by atoms with Crippen LogP contribution in [0.2, 0.25) is 0 Å². The molecule has 0 atom stereocenters. The summed E-state index contributed by atoms with van der Waals surface area (Å²) in [6, 6.07) is 0. The van der Waals surface area contributed by atoms with Crippen molar-refractivity contribution in [3.63, 3.8) is 0 Å². The van der Waals surface area contributed by atoms with Crippen LogP contribution in [0.25, 0.3) is 0 Å². The molecule has 0 saturated heterocycles. The Hall–Kier alpha value is -0.460. The van der Waals surface area contributed by atoms with Crippen LogP contribution in [0.5, 0.6) is 0 Å². The first-order chi connectivity index (χ1) is 4.77. The zero-order valence-electron chi connectivity index (χ0n) is 7.24. The van der Waals surface area contributed by atoms with E-state index < -0.39 is 0 Å². The third kappa shape index (κ3) is 7.54. The van der Waals surface area contributed by atoms with E-state index in [0.29, 0.717) is 0 Å². The molecule has 0 aliphatic carbocycles. The summed E-state index contributed by atoms with van der Waals surface area (Å²) in [4.78, 5) is 0. The Balaban J connectivity index is 2.84. The van der Waals surface area contributed by atoms with Crippen LogP contribution in [0.1, 0.15) is 39.5 Å². The maximum Gasteiger partial charge on any atom is 0.0143 e. The van der Waals surface area contributed by atoms with Crippen molar-refractivity contribution in [3.8, 4) is 0 Å². The van der Waals surface area contributed by atoms with Crippen LogP contribution >= 0.6 is 0 Å². The van der Waals surface area contributed by atoms with Gasteiger partial charge in [0.05, 0.1) is 0 Å². The minimum Gasteiger partial charge on any atom is -0.389 e. The first-order valence-electron chi connectivity index (χ1n) is 4.16. The fourth-order valence-electron chi connectivity index (χ4n) is 0.854. The summed E-state index contributed by atoms with van der Waals surface area (Å²) in [5, 5.41) is 3.21. The van der Waals surface area contributed by atoms with Crippen LogP contribution in [0.4, 0.5) is 0 Å². The smallest absolute Gasteiger partial charge is 0.0143 e. The molecule has 0 rings (SSSR count). The molecule has 0 aromatic heterocycles. The van der Waals surface area contributed by atoms with Gasteiger partial charge >= 0.3 is 0 Å². The molecule has 0 aromatic carbocycles. The molecule has 0 heterocycles. The van der Waals surface area contributed by atoms with Gasteiger partial charge in [0.25, 0.3) is 0 Å². The molecule has 0 bridgehead atoms. The number of allylic oxidation sites excluding steroid dienone is 1. The first kappa shape index (κ1) is 9.54. The predicted octanol–water partition coefficient (Wildman–Crippen LogP) is 2.69. The van der Waals surface area contributed by atoms with E-state index in [1.807, 2.05) is 6.92 Å². The highest BCUT2D eigenvalue weighted by Gasteiger charge is 1.86. The van der Waals surface area contributed by atoms with Crippen LogP contribution < -0.4 is 5.32 Å². The zero-order valence-corrected chi connectivity index (χ0v) is 7.24. The van der Waals surface area contributed by atoms with E-state index in [9.17, 15) is 0 Å². The Labute approximate surface area is 64.5 Å². The van der Waals surface area contributed by atoms with Crippen LogP contribution in [0, 0.1) is 0 Å². The zero-order chi connectivity index (χ0) is 7.82. The summed E-state index contributed by atoms with van der Waals surface area (Å²) < 4.78 is 0. The molecule has 0 aliphatic heterocycles. The van der Waals surface area contributed by atoms with Gasteiger partial charge in [-0.05, 0) is 13.3 Å². The average molecular weight is 141 g/mol. The Kier molecular flexibility index (Phi) is 6.35. The van der Waals surface area contributed by atoms with Gasteiger partial charge in [-0.1, -0.05) is 32.8 Å². The van der Waals surface area contributed by atoms with Crippen LogP contribution in [0.3, 0.4) is 0 Å². The van der Waals surface area contributed by atoms with E-state index in [2.05, 4.69) is 18.8 Å². The minimum atomic E-state index is 1.08.